The number of ether oxygens (including phenoxy) is 1. The molecule has 0 aliphatic carbocycles. The summed E-state index contributed by atoms with van der Waals surface area (Å²) in [4.78, 5) is 20.7. The van der Waals surface area contributed by atoms with Crippen molar-refractivity contribution >= 4 is 11.9 Å². The highest BCUT2D eigenvalue weighted by molar-refractivity contribution is 5.73. The van der Waals surface area contributed by atoms with Crippen molar-refractivity contribution < 1.29 is 14.3 Å². The lowest BCUT2D eigenvalue weighted by Gasteiger charge is -2.00. The van der Waals surface area contributed by atoms with Gasteiger partial charge in [-0.2, -0.15) is 0 Å². The van der Waals surface area contributed by atoms with E-state index in [2.05, 4.69) is 0 Å². The van der Waals surface area contributed by atoms with Gasteiger partial charge in [-0.1, -0.05) is 6.92 Å². The summed E-state index contributed by atoms with van der Waals surface area (Å²) >= 11 is 0. The number of nitrogens with two attached hydrogens (primary N) is 1. The van der Waals surface area contributed by atoms with Gasteiger partial charge in [0.05, 0.1) is 6.61 Å². The summed E-state index contributed by atoms with van der Waals surface area (Å²) in [5, 5.41) is 0. The van der Waals surface area contributed by atoms with Crippen LogP contribution in [0.15, 0.2) is 0 Å². The van der Waals surface area contributed by atoms with E-state index in [1.165, 1.54) is 0 Å². The lowest BCUT2D eigenvalue weighted by Crippen LogP contribution is -2.12. The van der Waals surface area contributed by atoms with Crippen molar-refractivity contribution in [2.24, 2.45) is 5.73 Å². The molecule has 0 radical (unpaired) electrons. The third-order valence-corrected chi connectivity index (χ3v) is 1.12. The molecular formula is C7H13NO3. The van der Waals surface area contributed by atoms with Gasteiger partial charge in [0, 0.05) is 12.8 Å². The SMILES string of the molecule is CCC(=O)OCCCC(N)=O. The van der Waals surface area contributed by atoms with Gasteiger partial charge >= 0.3 is 5.97 Å². The molecule has 64 valence electrons. The quantitative estimate of drug-likeness (QED) is 0.460. The molecule has 0 aromatic heterocycles. The molecule has 4 heteroatoms. The molecule has 0 aliphatic rings. The molecule has 4 nitrogen and oxygen atoms in total. The predicted octanol–water partition coefficient (Wildman–Crippen LogP) is 0.205. The number of carbonyl (C=O) groups is 2. The largest absolute Gasteiger partial charge is 0.466 e. The van der Waals surface area contributed by atoms with Crippen molar-refractivity contribution in [2.45, 2.75) is 26.2 Å². The molecular weight excluding hydrogens is 146 g/mol. The number of primary amides is 1. The highest BCUT2D eigenvalue weighted by atomic mass is 16.5. The lowest BCUT2D eigenvalue weighted by atomic mass is 10.3. The molecule has 2 N–H and O–H groups in total. The molecule has 11 heavy (non-hydrogen) atoms. The van der Waals surface area contributed by atoms with Crippen LogP contribution >= 0.6 is 0 Å². The van der Waals surface area contributed by atoms with Crippen molar-refractivity contribution in [3.63, 3.8) is 0 Å². The Hall–Kier alpha value is -1.06. The first-order valence-corrected chi connectivity index (χ1v) is 3.60. The van der Waals surface area contributed by atoms with Crippen LogP contribution in [0.5, 0.6) is 0 Å². The molecule has 0 saturated carbocycles. The highest BCUT2D eigenvalue weighted by Gasteiger charge is 1.98. The van der Waals surface area contributed by atoms with E-state index in [0.29, 0.717) is 12.8 Å². The van der Waals surface area contributed by atoms with Crippen LogP contribution in [0.4, 0.5) is 0 Å². The third kappa shape index (κ3) is 6.83. The number of esters is 1. The summed E-state index contributed by atoms with van der Waals surface area (Å²) in [6.45, 7) is 2.01. The molecule has 0 bridgehead atoms. The summed E-state index contributed by atoms with van der Waals surface area (Å²) in [6.07, 6.45) is 1.16. The fourth-order valence-corrected chi connectivity index (χ4v) is 0.534. The zero-order chi connectivity index (χ0) is 8.69. The first-order valence-electron chi connectivity index (χ1n) is 3.60. The average molecular weight is 159 g/mol. The Kier molecular flexibility index (Phi) is 5.15. The van der Waals surface area contributed by atoms with Crippen LogP contribution in [0.25, 0.3) is 0 Å². The molecule has 0 heterocycles. The summed E-state index contributed by atoms with van der Waals surface area (Å²) in [5.41, 5.74) is 4.86. The van der Waals surface area contributed by atoms with Crippen LogP contribution in [-0.2, 0) is 14.3 Å². The Balaban J connectivity index is 3.14. The fraction of sp³-hybridized carbons (Fsp3) is 0.714. The Morgan fingerprint density at radius 1 is 1.45 bits per heavy atom. The third-order valence-electron chi connectivity index (χ3n) is 1.12. The summed E-state index contributed by atoms with van der Waals surface area (Å²) in [6, 6.07) is 0. The van der Waals surface area contributed by atoms with Gasteiger partial charge in [0.15, 0.2) is 0 Å². The van der Waals surface area contributed by atoms with E-state index < -0.39 is 0 Å². The van der Waals surface area contributed by atoms with Crippen molar-refractivity contribution in [3.8, 4) is 0 Å². The minimum atomic E-state index is -0.363. The maximum atomic E-state index is 10.5. The number of amides is 1. The first kappa shape index (κ1) is 9.94. The number of hydrogen-bond acceptors (Lipinski definition) is 3. The van der Waals surface area contributed by atoms with Crippen molar-refractivity contribution in [1.29, 1.82) is 0 Å². The predicted molar refractivity (Wildman–Crippen MR) is 39.7 cm³/mol. The summed E-state index contributed by atoms with van der Waals surface area (Å²) < 4.78 is 4.69. The maximum Gasteiger partial charge on any atom is 0.305 e. The van der Waals surface area contributed by atoms with Crippen molar-refractivity contribution in [3.05, 3.63) is 0 Å². The van der Waals surface area contributed by atoms with Crippen molar-refractivity contribution in [2.75, 3.05) is 6.61 Å². The Morgan fingerprint density at radius 3 is 2.55 bits per heavy atom. The zero-order valence-corrected chi connectivity index (χ0v) is 6.63. The van der Waals surface area contributed by atoms with Gasteiger partial charge in [0.2, 0.25) is 5.91 Å². The molecule has 0 fully saturated rings. The van der Waals surface area contributed by atoms with E-state index >= 15 is 0 Å². The number of carbonyl (C=O) groups excluding carboxylic acids is 2. The molecule has 0 aromatic carbocycles. The van der Waals surface area contributed by atoms with E-state index in [0.717, 1.165) is 0 Å². The number of hydrogen-bond donors (Lipinski definition) is 1. The van der Waals surface area contributed by atoms with Gasteiger partial charge in [0.1, 0.15) is 0 Å². The van der Waals surface area contributed by atoms with Gasteiger partial charge < -0.3 is 10.5 Å². The molecule has 0 saturated heterocycles. The second-order valence-electron chi connectivity index (χ2n) is 2.14. The van der Waals surface area contributed by atoms with Crippen LogP contribution in [0.1, 0.15) is 26.2 Å². The fourth-order valence-electron chi connectivity index (χ4n) is 0.534. The van der Waals surface area contributed by atoms with Crippen LogP contribution in [0.2, 0.25) is 0 Å². The first-order chi connectivity index (χ1) is 5.16. The standard InChI is InChI=1S/C7H13NO3/c1-2-7(10)11-5-3-4-6(8)9/h2-5H2,1H3,(H2,8,9). The van der Waals surface area contributed by atoms with E-state index in [9.17, 15) is 9.59 Å². The van der Waals surface area contributed by atoms with Gasteiger partial charge in [0.25, 0.3) is 0 Å². The van der Waals surface area contributed by atoms with Gasteiger partial charge in [-0.05, 0) is 6.42 Å². The molecule has 0 aromatic rings. The molecule has 0 rings (SSSR count). The minimum absolute atomic E-state index is 0.241. The number of rotatable bonds is 5. The van der Waals surface area contributed by atoms with Crippen LogP contribution in [0, 0.1) is 0 Å². The van der Waals surface area contributed by atoms with Gasteiger partial charge in [-0.15, -0.1) is 0 Å². The Labute approximate surface area is 65.7 Å². The monoisotopic (exact) mass is 159 g/mol. The molecule has 0 aliphatic heterocycles. The highest BCUT2D eigenvalue weighted by Crippen LogP contribution is 1.91. The second-order valence-corrected chi connectivity index (χ2v) is 2.14. The van der Waals surface area contributed by atoms with Gasteiger partial charge in [-0.25, -0.2) is 0 Å². The summed E-state index contributed by atoms with van der Waals surface area (Å²) in [7, 11) is 0. The molecule has 1 amide bonds. The smallest absolute Gasteiger partial charge is 0.305 e. The van der Waals surface area contributed by atoms with Crippen LogP contribution < -0.4 is 5.73 Å². The molecule has 0 spiro atoms. The zero-order valence-electron chi connectivity index (χ0n) is 6.63. The Bertz CT molecular complexity index is 145. The topological polar surface area (TPSA) is 69.4 Å². The molecule has 0 atom stereocenters. The van der Waals surface area contributed by atoms with E-state index in [1.807, 2.05) is 0 Å². The van der Waals surface area contributed by atoms with Crippen LogP contribution in [0.3, 0.4) is 0 Å². The van der Waals surface area contributed by atoms with Crippen LogP contribution in [-0.4, -0.2) is 18.5 Å². The normalized spacial score (nSPS) is 9.18. The lowest BCUT2D eigenvalue weighted by molar-refractivity contribution is -0.143. The van der Waals surface area contributed by atoms with E-state index in [-0.39, 0.29) is 24.9 Å². The maximum absolute atomic E-state index is 10.5. The Morgan fingerprint density at radius 2 is 2.09 bits per heavy atom. The summed E-state index contributed by atoms with van der Waals surface area (Å²) in [5.74, 6) is -0.605. The molecule has 0 unspecified atom stereocenters. The van der Waals surface area contributed by atoms with Crippen molar-refractivity contribution in [1.82, 2.24) is 0 Å². The second kappa shape index (κ2) is 5.70. The van der Waals surface area contributed by atoms with Gasteiger partial charge in [-0.3, -0.25) is 9.59 Å². The van der Waals surface area contributed by atoms with E-state index in [4.69, 9.17) is 10.5 Å². The average Bonchev–Trinajstić information content (AvgIpc) is 1.97. The minimum Gasteiger partial charge on any atom is -0.466 e. The van der Waals surface area contributed by atoms with E-state index in [1.54, 1.807) is 6.92 Å².